The summed E-state index contributed by atoms with van der Waals surface area (Å²) in [6.45, 7) is 3.62. The van der Waals surface area contributed by atoms with Crippen molar-refractivity contribution >= 4 is 0 Å². The third-order valence-corrected chi connectivity index (χ3v) is 1.47. The number of hydrogen-bond acceptors (Lipinski definition) is 2. The van der Waals surface area contributed by atoms with Gasteiger partial charge in [-0.2, -0.15) is 0 Å². The first-order chi connectivity index (χ1) is 6.16. The molecule has 13 heavy (non-hydrogen) atoms. The van der Waals surface area contributed by atoms with Crippen LogP contribution in [0.25, 0.3) is 0 Å². The number of aliphatic hydroxyl groups is 2. The lowest BCUT2D eigenvalue weighted by Crippen LogP contribution is -1.97. The molecular formula is C11H18O2. The molecule has 0 aliphatic rings. The maximum atomic E-state index is 9.12. The molecule has 0 saturated carbocycles. The number of hydrogen-bond donors (Lipinski definition) is 2. The molecule has 0 spiro atoms. The van der Waals surface area contributed by atoms with Crippen molar-refractivity contribution in [3.05, 3.63) is 36.5 Å². The molecule has 0 aromatic carbocycles. The second kappa shape index (κ2) is 7.77. The van der Waals surface area contributed by atoms with Crippen LogP contribution in [0, 0.1) is 0 Å². The molecule has 0 saturated heterocycles. The van der Waals surface area contributed by atoms with Crippen molar-refractivity contribution in [1.82, 2.24) is 0 Å². The van der Waals surface area contributed by atoms with Gasteiger partial charge in [0.25, 0.3) is 0 Å². The van der Waals surface area contributed by atoms with E-state index in [4.69, 9.17) is 10.2 Å². The highest BCUT2D eigenvalue weighted by Crippen LogP contribution is 1.92. The highest BCUT2D eigenvalue weighted by Gasteiger charge is 1.88. The van der Waals surface area contributed by atoms with Crippen LogP contribution in [0.3, 0.4) is 0 Å². The van der Waals surface area contributed by atoms with Crippen molar-refractivity contribution in [3.8, 4) is 0 Å². The summed E-state index contributed by atoms with van der Waals surface area (Å²) in [5.41, 5.74) is 0. The molecular weight excluding hydrogens is 164 g/mol. The third-order valence-electron chi connectivity index (χ3n) is 1.47. The molecule has 2 nitrogen and oxygen atoms in total. The van der Waals surface area contributed by atoms with E-state index in [1.54, 1.807) is 31.2 Å². The first-order valence-corrected chi connectivity index (χ1v) is 4.54. The van der Waals surface area contributed by atoms with Gasteiger partial charge in [-0.3, -0.25) is 0 Å². The second-order valence-corrected chi connectivity index (χ2v) is 2.87. The minimum Gasteiger partial charge on any atom is -0.389 e. The molecule has 2 N–H and O–H groups in total. The average molecular weight is 182 g/mol. The third kappa shape index (κ3) is 9.05. The largest absolute Gasteiger partial charge is 0.389 e. The van der Waals surface area contributed by atoms with Gasteiger partial charge >= 0.3 is 0 Å². The average Bonchev–Trinajstić information content (AvgIpc) is 2.10. The van der Waals surface area contributed by atoms with Crippen molar-refractivity contribution in [2.24, 2.45) is 0 Å². The summed E-state index contributed by atoms with van der Waals surface area (Å²) >= 11 is 0. The molecule has 0 amide bonds. The molecule has 0 radical (unpaired) electrons. The summed E-state index contributed by atoms with van der Waals surface area (Å²) in [4.78, 5) is 0. The Hall–Kier alpha value is -0.860. The number of allylic oxidation sites excluding steroid dienone is 4. The molecule has 0 aromatic rings. The van der Waals surface area contributed by atoms with Crippen LogP contribution in [0.2, 0.25) is 0 Å². The van der Waals surface area contributed by atoms with E-state index in [0.29, 0.717) is 0 Å². The summed E-state index contributed by atoms with van der Waals surface area (Å²) in [6, 6.07) is 0. The first kappa shape index (κ1) is 12.1. The van der Waals surface area contributed by atoms with Gasteiger partial charge in [0.05, 0.1) is 12.2 Å². The minimum atomic E-state index is -0.408. The van der Waals surface area contributed by atoms with Gasteiger partial charge in [-0.15, -0.1) is 0 Å². The van der Waals surface area contributed by atoms with Crippen LogP contribution in [-0.2, 0) is 0 Å². The quantitative estimate of drug-likeness (QED) is 0.636. The van der Waals surface area contributed by atoms with Crippen LogP contribution >= 0.6 is 0 Å². The lowest BCUT2D eigenvalue weighted by atomic mass is 10.2. The molecule has 0 aliphatic heterocycles. The zero-order valence-corrected chi connectivity index (χ0v) is 8.22. The molecule has 0 aliphatic carbocycles. The van der Waals surface area contributed by atoms with Crippen molar-refractivity contribution in [2.45, 2.75) is 32.5 Å². The Morgan fingerprint density at radius 3 is 2.00 bits per heavy atom. The van der Waals surface area contributed by atoms with Crippen molar-refractivity contribution in [1.29, 1.82) is 0 Å². The van der Waals surface area contributed by atoms with Crippen molar-refractivity contribution in [3.63, 3.8) is 0 Å². The molecule has 0 fully saturated rings. The van der Waals surface area contributed by atoms with Gasteiger partial charge in [0.1, 0.15) is 0 Å². The molecule has 0 aromatic heterocycles. The van der Waals surface area contributed by atoms with Gasteiger partial charge in [0.2, 0.25) is 0 Å². The molecule has 74 valence electrons. The van der Waals surface area contributed by atoms with E-state index >= 15 is 0 Å². The fourth-order valence-corrected chi connectivity index (χ4v) is 0.682. The van der Waals surface area contributed by atoms with E-state index in [0.717, 1.165) is 6.42 Å². The SMILES string of the molecule is CC[C@@H](O)/C=C/C=C/C=C[C@H](C)O. The Kier molecular flexibility index (Phi) is 7.26. The lowest BCUT2D eigenvalue weighted by molar-refractivity contribution is 0.219. The normalized spacial score (nSPS) is 17.5. The van der Waals surface area contributed by atoms with E-state index in [9.17, 15) is 0 Å². The maximum Gasteiger partial charge on any atom is 0.0721 e. The van der Waals surface area contributed by atoms with Gasteiger partial charge in [-0.05, 0) is 13.3 Å². The molecule has 2 atom stereocenters. The monoisotopic (exact) mass is 182 g/mol. The van der Waals surface area contributed by atoms with E-state index in [1.807, 2.05) is 19.1 Å². The van der Waals surface area contributed by atoms with Gasteiger partial charge in [-0.1, -0.05) is 43.4 Å². The van der Waals surface area contributed by atoms with E-state index in [2.05, 4.69) is 0 Å². The standard InChI is InChI=1S/C11H18O2/c1-3-11(13)9-7-5-4-6-8-10(2)12/h4-13H,3H2,1-2H3/b5-4+,8-6?,9-7+/t10-,11+/m0/s1. The minimum absolute atomic E-state index is 0.356. The Bertz CT molecular complexity index is 190. The van der Waals surface area contributed by atoms with Crippen molar-refractivity contribution < 1.29 is 10.2 Å². The predicted octanol–water partition coefficient (Wildman–Crippen LogP) is 1.81. The van der Waals surface area contributed by atoms with Gasteiger partial charge < -0.3 is 10.2 Å². The Balaban J connectivity index is 3.68. The van der Waals surface area contributed by atoms with Gasteiger partial charge in [-0.25, -0.2) is 0 Å². The molecule has 0 rings (SSSR count). The molecule has 0 unspecified atom stereocenters. The van der Waals surface area contributed by atoms with E-state index in [-0.39, 0.29) is 6.10 Å². The summed E-state index contributed by atoms with van der Waals surface area (Å²) in [5.74, 6) is 0. The van der Waals surface area contributed by atoms with Crippen LogP contribution in [0.15, 0.2) is 36.5 Å². The summed E-state index contributed by atoms with van der Waals surface area (Å²) in [6.07, 6.45) is 10.6. The van der Waals surface area contributed by atoms with Gasteiger partial charge in [0.15, 0.2) is 0 Å². The fourth-order valence-electron chi connectivity index (χ4n) is 0.682. The van der Waals surface area contributed by atoms with Crippen LogP contribution in [0.5, 0.6) is 0 Å². The lowest BCUT2D eigenvalue weighted by Gasteiger charge is -1.95. The zero-order valence-electron chi connectivity index (χ0n) is 8.22. The maximum absolute atomic E-state index is 9.12. The summed E-state index contributed by atoms with van der Waals surface area (Å²) in [5, 5.41) is 18.0. The van der Waals surface area contributed by atoms with Crippen LogP contribution in [-0.4, -0.2) is 22.4 Å². The van der Waals surface area contributed by atoms with Crippen LogP contribution in [0.1, 0.15) is 20.3 Å². The fraction of sp³-hybridized carbons (Fsp3) is 0.455. The Labute approximate surface area is 79.9 Å². The smallest absolute Gasteiger partial charge is 0.0721 e. The van der Waals surface area contributed by atoms with E-state index in [1.165, 1.54) is 0 Å². The Morgan fingerprint density at radius 1 is 1.00 bits per heavy atom. The second-order valence-electron chi connectivity index (χ2n) is 2.87. The van der Waals surface area contributed by atoms with E-state index < -0.39 is 6.10 Å². The predicted molar refractivity (Wildman–Crippen MR) is 55.4 cm³/mol. The molecule has 2 heteroatoms. The Morgan fingerprint density at radius 2 is 1.54 bits per heavy atom. The van der Waals surface area contributed by atoms with Crippen LogP contribution in [0.4, 0.5) is 0 Å². The molecule has 0 heterocycles. The van der Waals surface area contributed by atoms with Crippen molar-refractivity contribution in [2.75, 3.05) is 0 Å². The topological polar surface area (TPSA) is 40.5 Å². The van der Waals surface area contributed by atoms with Gasteiger partial charge in [0, 0.05) is 0 Å². The summed E-state index contributed by atoms with van der Waals surface area (Å²) < 4.78 is 0. The highest BCUT2D eigenvalue weighted by molar-refractivity contribution is 5.12. The highest BCUT2D eigenvalue weighted by atomic mass is 16.3. The van der Waals surface area contributed by atoms with Crippen LogP contribution < -0.4 is 0 Å². The first-order valence-electron chi connectivity index (χ1n) is 4.54. The molecule has 0 bridgehead atoms. The number of rotatable bonds is 5. The zero-order chi connectivity index (χ0) is 10.1. The summed E-state index contributed by atoms with van der Waals surface area (Å²) in [7, 11) is 0. The number of aliphatic hydroxyl groups excluding tert-OH is 2.